The average Bonchev–Trinajstić information content (AvgIpc) is 2.19. The molecule has 2 N–H and O–H groups in total. The Morgan fingerprint density at radius 1 is 1.27 bits per heavy atom. The first-order valence-corrected chi connectivity index (χ1v) is 4.66. The zero-order chi connectivity index (χ0) is 11.5. The monoisotopic (exact) mass is 208 g/mol. The van der Waals surface area contributed by atoms with E-state index in [1.807, 2.05) is 24.3 Å². The Balaban J connectivity index is 0.000000423. The van der Waals surface area contributed by atoms with Crippen molar-refractivity contribution < 1.29 is 15.0 Å². The van der Waals surface area contributed by atoms with Crippen LogP contribution in [0.3, 0.4) is 0 Å². The number of carboxylic acid groups (broad SMARTS) is 1. The van der Waals surface area contributed by atoms with Crippen LogP contribution in [0.25, 0.3) is 0 Å². The molecule has 1 rings (SSSR count). The number of benzene rings is 1. The van der Waals surface area contributed by atoms with Gasteiger partial charge in [0.05, 0.1) is 6.61 Å². The number of carbonyl (C=O) groups is 1. The van der Waals surface area contributed by atoms with Crippen molar-refractivity contribution in [1.29, 1.82) is 0 Å². The van der Waals surface area contributed by atoms with Crippen LogP contribution < -0.4 is 0 Å². The number of aliphatic hydroxyl groups excluding tert-OH is 1. The van der Waals surface area contributed by atoms with Gasteiger partial charge in [-0.15, -0.1) is 0 Å². The summed E-state index contributed by atoms with van der Waals surface area (Å²) in [5.41, 5.74) is 1.28. The van der Waals surface area contributed by atoms with Crippen LogP contribution in [0.1, 0.15) is 12.5 Å². The fourth-order valence-electron chi connectivity index (χ4n) is 0.908. The lowest BCUT2D eigenvalue weighted by Crippen LogP contribution is -1.79. The molecule has 0 amide bonds. The Kier molecular flexibility index (Phi) is 8.00. The second-order valence-electron chi connectivity index (χ2n) is 2.86. The fraction of sp³-hybridized carbons (Fsp3) is 0.250. The van der Waals surface area contributed by atoms with E-state index in [1.54, 1.807) is 6.08 Å². The number of carboxylic acids is 1. The standard InChI is InChI=1S/C10H12O.C2H4O2/c11-9-5-4-8-10-6-2-1-3-7-10;1-2(3)4/h1-7,11H,8-9H2;1H3,(H,3,4). The summed E-state index contributed by atoms with van der Waals surface area (Å²) < 4.78 is 0. The van der Waals surface area contributed by atoms with Crippen LogP contribution in [0.4, 0.5) is 0 Å². The Morgan fingerprint density at radius 2 is 1.80 bits per heavy atom. The zero-order valence-corrected chi connectivity index (χ0v) is 8.76. The quantitative estimate of drug-likeness (QED) is 0.745. The van der Waals surface area contributed by atoms with Crippen LogP contribution in [0.2, 0.25) is 0 Å². The smallest absolute Gasteiger partial charge is 0.300 e. The van der Waals surface area contributed by atoms with Gasteiger partial charge in [0.2, 0.25) is 0 Å². The van der Waals surface area contributed by atoms with Gasteiger partial charge in [-0.2, -0.15) is 0 Å². The lowest BCUT2D eigenvalue weighted by molar-refractivity contribution is -0.134. The molecule has 0 radical (unpaired) electrons. The van der Waals surface area contributed by atoms with Crippen molar-refractivity contribution in [1.82, 2.24) is 0 Å². The lowest BCUT2D eigenvalue weighted by Gasteiger charge is -1.92. The molecular formula is C12H16O3. The predicted molar refractivity (Wildman–Crippen MR) is 59.7 cm³/mol. The van der Waals surface area contributed by atoms with E-state index in [1.165, 1.54) is 5.56 Å². The van der Waals surface area contributed by atoms with Gasteiger partial charge in [0.15, 0.2) is 0 Å². The maximum atomic E-state index is 9.00. The molecule has 0 spiro atoms. The summed E-state index contributed by atoms with van der Waals surface area (Å²) in [7, 11) is 0. The van der Waals surface area contributed by atoms with E-state index in [4.69, 9.17) is 15.0 Å². The number of rotatable bonds is 3. The highest BCUT2D eigenvalue weighted by molar-refractivity contribution is 5.62. The number of aliphatic hydroxyl groups is 1. The molecule has 0 saturated heterocycles. The van der Waals surface area contributed by atoms with Crippen LogP contribution in [0.15, 0.2) is 42.5 Å². The van der Waals surface area contributed by atoms with Crippen LogP contribution >= 0.6 is 0 Å². The van der Waals surface area contributed by atoms with Gasteiger partial charge in [-0.3, -0.25) is 4.79 Å². The Labute approximate surface area is 89.7 Å². The molecule has 0 aliphatic heterocycles. The maximum absolute atomic E-state index is 9.00. The minimum atomic E-state index is -0.833. The first kappa shape index (κ1) is 13.4. The van der Waals surface area contributed by atoms with E-state index >= 15 is 0 Å². The second kappa shape index (κ2) is 8.97. The summed E-state index contributed by atoms with van der Waals surface area (Å²) in [6.07, 6.45) is 4.63. The molecule has 15 heavy (non-hydrogen) atoms. The molecule has 1 aromatic carbocycles. The molecule has 0 aliphatic carbocycles. The summed E-state index contributed by atoms with van der Waals surface area (Å²) in [5, 5.41) is 15.9. The van der Waals surface area contributed by atoms with Gasteiger partial charge in [0.25, 0.3) is 5.97 Å². The molecule has 82 valence electrons. The summed E-state index contributed by atoms with van der Waals surface area (Å²) in [4.78, 5) is 9.00. The van der Waals surface area contributed by atoms with Crippen LogP contribution in [0.5, 0.6) is 0 Å². The third kappa shape index (κ3) is 10.3. The van der Waals surface area contributed by atoms with Gasteiger partial charge in [-0.05, 0) is 12.0 Å². The van der Waals surface area contributed by atoms with E-state index in [0.717, 1.165) is 13.3 Å². The van der Waals surface area contributed by atoms with E-state index in [2.05, 4.69) is 12.1 Å². The highest BCUT2D eigenvalue weighted by Crippen LogP contribution is 1.99. The van der Waals surface area contributed by atoms with Gasteiger partial charge in [-0.25, -0.2) is 0 Å². The third-order valence-electron chi connectivity index (χ3n) is 1.47. The molecule has 0 saturated carbocycles. The van der Waals surface area contributed by atoms with Crippen molar-refractivity contribution in [2.45, 2.75) is 13.3 Å². The largest absolute Gasteiger partial charge is 0.481 e. The average molecular weight is 208 g/mol. The van der Waals surface area contributed by atoms with E-state index in [0.29, 0.717) is 0 Å². The lowest BCUT2D eigenvalue weighted by atomic mass is 10.1. The summed E-state index contributed by atoms with van der Waals surface area (Å²) in [6.45, 7) is 1.22. The SMILES string of the molecule is CC(=O)O.OCC=CCc1ccccc1. The Morgan fingerprint density at radius 3 is 2.27 bits per heavy atom. The number of allylic oxidation sites excluding steroid dienone is 1. The first-order valence-electron chi connectivity index (χ1n) is 4.66. The molecule has 0 aliphatic rings. The minimum Gasteiger partial charge on any atom is -0.481 e. The van der Waals surface area contributed by atoms with E-state index < -0.39 is 5.97 Å². The van der Waals surface area contributed by atoms with E-state index in [-0.39, 0.29) is 6.61 Å². The molecule has 0 unspecified atom stereocenters. The molecule has 3 heteroatoms. The fourth-order valence-corrected chi connectivity index (χ4v) is 0.908. The van der Waals surface area contributed by atoms with Crippen molar-refractivity contribution >= 4 is 5.97 Å². The molecule has 0 aromatic heterocycles. The minimum absolute atomic E-state index is 0.132. The van der Waals surface area contributed by atoms with Crippen molar-refractivity contribution in [2.24, 2.45) is 0 Å². The van der Waals surface area contributed by atoms with Crippen molar-refractivity contribution in [3.63, 3.8) is 0 Å². The zero-order valence-electron chi connectivity index (χ0n) is 8.76. The summed E-state index contributed by atoms with van der Waals surface area (Å²) >= 11 is 0. The van der Waals surface area contributed by atoms with E-state index in [9.17, 15) is 0 Å². The topological polar surface area (TPSA) is 57.5 Å². The van der Waals surface area contributed by atoms with Crippen molar-refractivity contribution in [3.8, 4) is 0 Å². The van der Waals surface area contributed by atoms with Crippen LogP contribution in [-0.2, 0) is 11.2 Å². The number of hydrogen-bond donors (Lipinski definition) is 2. The van der Waals surface area contributed by atoms with Gasteiger partial charge < -0.3 is 10.2 Å². The van der Waals surface area contributed by atoms with Gasteiger partial charge in [0.1, 0.15) is 0 Å². The highest BCUT2D eigenvalue weighted by Gasteiger charge is 1.83. The molecule has 0 bridgehead atoms. The summed E-state index contributed by atoms with van der Waals surface area (Å²) in [5.74, 6) is -0.833. The predicted octanol–water partition coefficient (Wildman–Crippen LogP) is 1.87. The second-order valence-corrected chi connectivity index (χ2v) is 2.86. The molecule has 3 nitrogen and oxygen atoms in total. The molecule has 1 aromatic rings. The van der Waals surface area contributed by atoms with Gasteiger partial charge in [0, 0.05) is 6.92 Å². The van der Waals surface area contributed by atoms with Crippen molar-refractivity contribution in [3.05, 3.63) is 48.0 Å². The number of hydrogen-bond acceptors (Lipinski definition) is 2. The Bertz CT molecular complexity index is 287. The molecule has 0 fully saturated rings. The van der Waals surface area contributed by atoms with Crippen LogP contribution in [-0.4, -0.2) is 22.8 Å². The van der Waals surface area contributed by atoms with Crippen LogP contribution in [0, 0.1) is 0 Å². The van der Waals surface area contributed by atoms with Gasteiger partial charge in [-0.1, -0.05) is 42.5 Å². The normalized spacial score (nSPS) is 9.47. The molecular weight excluding hydrogens is 192 g/mol. The third-order valence-corrected chi connectivity index (χ3v) is 1.47. The van der Waals surface area contributed by atoms with Crippen molar-refractivity contribution in [2.75, 3.05) is 6.61 Å². The number of aliphatic carboxylic acids is 1. The summed E-state index contributed by atoms with van der Waals surface area (Å²) in [6, 6.07) is 10.2. The molecule has 0 atom stereocenters. The first-order chi connectivity index (χ1) is 7.16. The Hall–Kier alpha value is -1.61. The van der Waals surface area contributed by atoms with Gasteiger partial charge >= 0.3 is 0 Å². The maximum Gasteiger partial charge on any atom is 0.300 e. The molecule has 0 heterocycles. The highest BCUT2D eigenvalue weighted by atomic mass is 16.4.